The summed E-state index contributed by atoms with van der Waals surface area (Å²) >= 11 is 0. The van der Waals surface area contributed by atoms with Gasteiger partial charge in [0.2, 0.25) is 0 Å². The molecule has 5 nitrogen and oxygen atoms in total. The number of aromatic nitrogens is 2. The molecule has 2 aromatic rings. The normalized spacial score (nSPS) is 20.6. The van der Waals surface area contributed by atoms with Gasteiger partial charge in [-0.25, -0.2) is 0 Å². The van der Waals surface area contributed by atoms with E-state index in [0.29, 0.717) is 12.6 Å². The Balaban J connectivity index is 1.22. The molecular weight excluding hydrogens is 403 g/mol. The van der Waals surface area contributed by atoms with Crippen molar-refractivity contribution in [3.05, 3.63) is 59.7 Å². The van der Waals surface area contributed by atoms with Crippen LogP contribution in [0.2, 0.25) is 0 Å². The van der Waals surface area contributed by atoms with Crippen LogP contribution in [0.3, 0.4) is 0 Å². The molecule has 0 amide bonds. The third kappa shape index (κ3) is 6.24. The monoisotopic (exact) mass is 433 g/mol. The largest absolute Gasteiger partial charge is 0.433 e. The van der Waals surface area contributed by atoms with E-state index in [-0.39, 0.29) is 0 Å². The first-order valence-electron chi connectivity index (χ1n) is 11.1. The van der Waals surface area contributed by atoms with Crippen LogP contribution in [-0.2, 0) is 19.3 Å². The van der Waals surface area contributed by atoms with E-state index in [0.717, 1.165) is 76.0 Å². The van der Waals surface area contributed by atoms with E-state index in [1.54, 1.807) is 6.07 Å². The number of hydrogen-bond acceptors (Lipinski definition) is 5. The van der Waals surface area contributed by atoms with E-state index in [1.807, 2.05) is 18.3 Å². The maximum absolute atomic E-state index is 12.7. The van der Waals surface area contributed by atoms with Crippen LogP contribution >= 0.6 is 0 Å². The van der Waals surface area contributed by atoms with Crippen molar-refractivity contribution in [1.29, 1.82) is 0 Å². The van der Waals surface area contributed by atoms with Crippen LogP contribution in [0.5, 0.6) is 0 Å². The van der Waals surface area contributed by atoms with Crippen molar-refractivity contribution < 1.29 is 13.2 Å². The van der Waals surface area contributed by atoms with Crippen molar-refractivity contribution in [2.24, 2.45) is 0 Å². The highest BCUT2D eigenvalue weighted by atomic mass is 19.4. The van der Waals surface area contributed by atoms with E-state index < -0.39 is 11.9 Å². The minimum Gasteiger partial charge on any atom is -0.299 e. The molecule has 0 bridgehead atoms. The summed E-state index contributed by atoms with van der Waals surface area (Å²) in [7, 11) is 0. The molecule has 0 unspecified atom stereocenters. The number of nitrogens with zero attached hydrogens (tertiary/aromatic N) is 5. The van der Waals surface area contributed by atoms with E-state index >= 15 is 0 Å². The lowest BCUT2D eigenvalue weighted by Gasteiger charge is -2.38. The van der Waals surface area contributed by atoms with Gasteiger partial charge in [0.1, 0.15) is 5.69 Å². The lowest BCUT2D eigenvalue weighted by molar-refractivity contribution is -0.141. The van der Waals surface area contributed by atoms with Crippen LogP contribution < -0.4 is 0 Å². The lowest BCUT2D eigenvalue weighted by Crippen LogP contribution is -2.45. The molecule has 0 N–H and O–H groups in total. The number of pyridine rings is 2. The van der Waals surface area contributed by atoms with Crippen molar-refractivity contribution in [2.45, 2.75) is 44.6 Å². The third-order valence-electron chi connectivity index (χ3n) is 6.33. The molecule has 2 aromatic heterocycles. The molecule has 0 spiro atoms. The summed E-state index contributed by atoms with van der Waals surface area (Å²) in [6.45, 7) is 7.90. The SMILES string of the molecule is FC(F)(F)c1ccc(CN2CCC(N3CCCN(Cc4ccccn4)CC3)CC2)cn1. The Hall–Kier alpha value is -2.03. The third-order valence-corrected chi connectivity index (χ3v) is 6.33. The summed E-state index contributed by atoms with van der Waals surface area (Å²) in [6.07, 6.45) is 2.22. The highest BCUT2D eigenvalue weighted by Gasteiger charge is 2.32. The molecule has 168 valence electrons. The van der Waals surface area contributed by atoms with Gasteiger partial charge in [-0.05, 0) is 69.2 Å². The first kappa shape index (κ1) is 22.2. The summed E-state index contributed by atoms with van der Waals surface area (Å²) < 4.78 is 38.0. The van der Waals surface area contributed by atoms with Gasteiger partial charge in [-0.1, -0.05) is 12.1 Å². The molecule has 2 fully saturated rings. The first-order valence-corrected chi connectivity index (χ1v) is 11.1. The molecule has 0 radical (unpaired) electrons. The zero-order valence-corrected chi connectivity index (χ0v) is 17.8. The quantitative estimate of drug-likeness (QED) is 0.719. The van der Waals surface area contributed by atoms with E-state index in [1.165, 1.54) is 12.6 Å². The summed E-state index contributed by atoms with van der Waals surface area (Å²) in [4.78, 5) is 15.5. The van der Waals surface area contributed by atoms with Gasteiger partial charge in [-0.2, -0.15) is 13.2 Å². The van der Waals surface area contributed by atoms with Crippen LogP contribution in [0, 0.1) is 0 Å². The summed E-state index contributed by atoms with van der Waals surface area (Å²) in [5.41, 5.74) is 1.14. The fourth-order valence-electron chi connectivity index (χ4n) is 4.62. The van der Waals surface area contributed by atoms with Crippen molar-refractivity contribution in [1.82, 2.24) is 24.7 Å². The molecule has 4 rings (SSSR count). The van der Waals surface area contributed by atoms with Gasteiger partial charge in [0.25, 0.3) is 0 Å². The Labute approximate surface area is 181 Å². The molecule has 2 saturated heterocycles. The Kier molecular flexibility index (Phi) is 7.20. The fourth-order valence-corrected chi connectivity index (χ4v) is 4.62. The van der Waals surface area contributed by atoms with Gasteiger partial charge in [0, 0.05) is 44.6 Å². The fraction of sp³-hybridized carbons (Fsp3) is 0.565. The minimum absolute atomic E-state index is 0.594. The second kappa shape index (κ2) is 10.1. The number of hydrogen-bond donors (Lipinski definition) is 0. The Morgan fingerprint density at radius 2 is 1.65 bits per heavy atom. The molecule has 0 atom stereocenters. The van der Waals surface area contributed by atoms with Crippen LogP contribution in [0.1, 0.15) is 36.2 Å². The van der Waals surface area contributed by atoms with Crippen LogP contribution in [0.25, 0.3) is 0 Å². The van der Waals surface area contributed by atoms with E-state index in [4.69, 9.17) is 0 Å². The highest BCUT2D eigenvalue weighted by Crippen LogP contribution is 2.27. The van der Waals surface area contributed by atoms with Crippen LogP contribution in [0.15, 0.2) is 42.7 Å². The van der Waals surface area contributed by atoms with Gasteiger partial charge >= 0.3 is 6.18 Å². The molecular formula is C23H30F3N5. The van der Waals surface area contributed by atoms with Crippen LogP contribution in [0.4, 0.5) is 13.2 Å². The molecule has 8 heteroatoms. The maximum atomic E-state index is 12.7. The average Bonchev–Trinajstić information content (AvgIpc) is 3.00. The second-order valence-corrected chi connectivity index (χ2v) is 8.54. The van der Waals surface area contributed by atoms with Gasteiger partial charge in [0.05, 0.1) is 5.69 Å². The minimum atomic E-state index is -4.38. The smallest absolute Gasteiger partial charge is 0.299 e. The number of alkyl halides is 3. The number of likely N-dealkylation sites (tertiary alicyclic amines) is 1. The van der Waals surface area contributed by atoms with Gasteiger partial charge in [-0.15, -0.1) is 0 Å². The van der Waals surface area contributed by atoms with Gasteiger partial charge in [0.15, 0.2) is 0 Å². The second-order valence-electron chi connectivity index (χ2n) is 8.54. The lowest BCUT2D eigenvalue weighted by atomic mass is 10.0. The van der Waals surface area contributed by atoms with Crippen molar-refractivity contribution in [3.63, 3.8) is 0 Å². The molecule has 2 aliphatic rings. The number of halogens is 3. The number of piperidine rings is 1. The zero-order valence-electron chi connectivity index (χ0n) is 17.8. The zero-order chi connectivity index (χ0) is 21.7. The Morgan fingerprint density at radius 1 is 0.839 bits per heavy atom. The number of rotatable bonds is 5. The summed E-state index contributed by atoms with van der Waals surface area (Å²) in [6, 6.07) is 9.31. The van der Waals surface area contributed by atoms with E-state index in [9.17, 15) is 13.2 Å². The Bertz CT molecular complexity index is 804. The molecule has 4 heterocycles. The van der Waals surface area contributed by atoms with Gasteiger partial charge < -0.3 is 0 Å². The first-order chi connectivity index (χ1) is 15.0. The maximum Gasteiger partial charge on any atom is 0.433 e. The molecule has 0 aliphatic carbocycles. The van der Waals surface area contributed by atoms with Crippen molar-refractivity contribution >= 4 is 0 Å². The Morgan fingerprint density at radius 3 is 2.32 bits per heavy atom. The predicted octanol–water partition coefficient (Wildman–Crippen LogP) is 3.67. The van der Waals surface area contributed by atoms with E-state index in [2.05, 4.69) is 30.7 Å². The standard InChI is InChI=1S/C23H30F3N5/c24-23(25,26)22-6-5-19(16-28-22)17-30-12-7-21(8-13-30)31-11-3-10-29(14-15-31)18-20-4-1-2-9-27-20/h1-2,4-6,9,16,21H,3,7-8,10-15,17-18H2. The molecule has 0 saturated carbocycles. The molecule has 31 heavy (non-hydrogen) atoms. The van der Waals surface area contributed by atoms with Gasteiger partial charge in [-0.3, -0.25) is 24.7 Å². The van der Waals surface area contributed by atoms with Crippen molar-refractivity contribution in [2.75, 3.05) is 39.3 Å². The topological polar surface area (TPSA) is 35.5 Å². The average molecular weight is 434 g/mol. The summed E-state index contributed by atoms with van der Waals surface area (Å²) in [5, 5.41) is 0. The van der Waals surface area contributed by atoms with Crippen LogP contribution in [-0.4, -0.2) is 70.0 Å². The summed E-state index contributed by atoms with van der Waals surface area (Å²) in [5.74, 6) is 0. The van der Waals surface area contributed by atoms with Crippen molar-refractivity contribution in [3.8, 4) is 0 Å². The molecule has 2 aliphatic heterocycles. The highest BCUT2D eigenvalue weighted by molar-refractivity contribution is 5.16. The molecule has 0 aromatic carbocycles. The predicted molar refractivity (Wildman–Crippen MR) is 113 cm³/mol.